The van der Waals surface area contributed by atoms with Gasteiger partial charge >= 0.3 is 0 Å². The molecule has 0 atom stereocenters. The zero-order chi connectivity index (χ0) is 11.5. The Bertz CT molecular complexity index is 561. The highest BCUT2D eigenvalue weighted by atomic mass is 16.1. The lowest BCUT2D eigenvalue weighted by Gasteiger charge is -2.01. The van der Waals surface area contributed by atoms with Crippen LogP contribution in [0.15, 0.2) is 36.8 Å². The predicted molar refractivity (Wildman–Crippen MR) is 57.8 cm³/mol. The van der Waals surface area contributed by atoms with Crippen LogP contribution in [0.4, 0.5) is 0 Å². The third kappa shape index (κ3) is 1.71. The van der Waals surface area contributed by atoms with Crippen LogP contribution in [-0.4, -0.2) is 15.3 Å². The molecule has 0 unspecified atom stereocenters. The summed E-state index contributed by atoms with van der Waals surface area (Å²) in [6, 6.07) is 8.56. The normalized spacial score (nSPS) is 9.75. The Kier molecular flexibility index (Phi) is 2.52. The molecule has 4 nitrogen and oxygen atoms in total. The molecular formula is C12H9N3O. The van der Waals surface area contributed by atoms with Gasteiger partial charge in [0.15, 0.2) is 0 Å². The van der Waals surface area contributed by atoms with Gasteiger partial charge in [0, 0.05) is 12.6 Å². The Morgan fingerprint density at radius 3 is 2.56 bits per heavy atom. The zero-order valence-corrected chi connectivity index (χ0v) is 8.71. The second kappa shape index (κ2) is 3.99. The Labute approximate surface area is 92.8 Å². The van der Waals surface area contributed by atoms with Gasteiger partial charge in [-0.1, -0.05) is 0 Å². The van der Waals surface area contributed by atoms with E-state index in [0.717, 1.165) is 0 Å². The molecule has 0 fully saturated rings. The van der Waals surface area contributed by atoms with Crippen LogP contribution < -0.4 is 0 Å². The molecule has 0 radical (unpaired) electrons. The van der Waals surface area contributed by atoms with Crippen molar-refractivity contribution < 1.29 is 4.79 Å². The van der Waals surface area contributed by atoms with E-state index in [9.17, 15) is 4.79 Å². The number of carbonyl (C=O) groups excluding carboxylic acids is 1. The molecule has 0 amide bonds. The van der Waals surface area contributed by atoms with E-state index in [0.29, 0.717) is 16.8 Å². The van der Waals surface area contributed by atoms with Crippen LogP contribution in [0.2, 0.25) is 0 Å². The van der Waals surface area contributed by atoms with Gasteiger partial charge in [0.05, 0.1) is 24.2 Å². The van der Waals surface area contributed by atoms with Crippen molar-refractivity contribution in [3.63, 3.8) is 0 Å². The van der Waals surface area contributed by atoms with Gasteiger partial charge in [-0.15, -0.1) is 0 Å². The summed E-state index contributed by atoms with van der Waals surface area (Å²) in [4.78, 5) is 15.9. The summed E-state index contributed by atoms with van der Waals surface area (Å²) in [5.74, 6) is -0.0931. The summed E-state index contributed by atoms with van der Waals surface area (Å²) >= 11 is 0. The Morgan fingerprint density at radius 2 is 2.06 bits per heavy atom. The molecule has 0 saturated carbocycles. The zero-order valence-electron chi connectivity index (χ0n) is 8.71. The SMILES string of the molecule is Cn1cncc1C(=O)c1ccc(C#N)cc1. The number of imidazole rings is 1. The summed E-state index contributed by atoms with van der Waals surface area (Å²) < 4.78 is 1.67. The van der Waals surface area contributed by atoms with E-state index in [1.54, 1.807) is 42.2 Å². The summed E-state index contributed by atoms with van der Waals surface area (Å²) in [5, 5.41) is 8.65. The quantitative estimate of drug-likeness (QED) is 0.707. The van der Waals surface area contributed by atoms with Crippen LogP contribution in [0.25, 0.3) is 0 Å². The number of nitriles is 1. The van der Waals surface area contributed by atoms with E-state index >= 15 is 0 Å². The third-order valence-electron chi connectivity index (χ3n) is 2.33. The van der Waals surface area contributed by atoms with Crippen molar-refractivity contribution in [3.05, 3.63) is 53.6 Å². The first kappa shape index (κ1) is 10.1. The van der Waals surface area contributed by atoms with Crippen LogP contribution in [0.1, 0.15) is 21.6 Å². The fourth-order valence-corrected chi connectivity index (χ4v) is 1.42. The van der Waals surface area contributed by atoms with Crippen molar-refractivity contribution in [2.75, 3.05) is 0 Å². The summed E-state index contributed by atoms with van der Waals surface area (Å²) in [7, 11) is 1.77. The van der Waals surface area contributed by atoms with Crippen molar-refractivity contribution in [3.8, 4) is 6.07 Å². The number of aromatic nitrogens is 2. The van der Waals surface area contributed by atoms with Crippen LogP contribution in [-0.2, 0) is 7.05 Å². The first-order chi connectivity index (χ1) is 7.72. The third-order valence-corrected chi connectivity index (χ3v) is 2.33. The van der Waals surface area contributed by atoms with Gasteiger partial charge in [0.1, 0.15) is 5.69 Å². The van der Waals surface area contributed by atoms with Crippen LogP contribution in [0.5, 0.6) is 0 Å². The van der Waals surface area contributed by atoms with E-state index in [1.807, 2.05) is 6.07 Å². The van der Waals surface area contributed by atoms with E-state index in [2.05, 4.69) is 4.98 Å². The lowest BCUT2D eigenvalue weighted by atomic mass is 10.1. The Balaban J connectivity index is 2.35. The number of hydrogen-bond donors (Lipinski definition) is 0. The molecule has 78 valence electrons. The highest BCUT2D eigenvalue weighted by molar-refractivity contribution is 6.07. The minimum absolute atomic E-state index is 0.0931. The van der Waals surface area contributed by atoms with Crippen molar-refractivity contribution in [1.82, 2.24) is 9.55 Å². The molecule has 2 rings (SSSR count). The fraction of sp³-hybridized carbons (Fsp3) is 0.0833. The van der Waals surface area contributed by atoms with Gasteiger partial charge in [0.25, 0.3) is 0 Å². The number of nitrogens with zero attached hydrogens (tertiary/aromatic N) is 3. The van der Waals surface area contributed by atoms with Crippen molar-refractivity contribution in [2.45, 2.75) is 0 Å². The van der Waals surface area contributed by atoms with Gasteiger partial charge in [-0.05, 0) is 24.3 Å². The number of carbonyl (C=O) groups is 1. The topological polar surface area (TPSA) is 58.7 Å². The molecule has 1 aromatic carbocycles. The minimum atomic E-state index is -0.0931. The van der Waals surface area contributed by atoms with Crippen molar-refractivity contribution in [2.24, 2.45) is 7.05 Å². The number of benzene rings is 1. The molecule has 0 N–H and O–H groups in total. The molecule has 0 spiro atoms. The number of aryl methyl sites for hydroxylation is 1. The number of ketones is 1. The molecule has 0 aliphatic carbocycles. The highest BCUT2D eigenvalue weighted by Gasteiger charge is 2.11. The Hall–Kier alpha value is -2.41. The lowest BCUT2D eigenvalue weighted by molar-refractivity contribution is 0.103. The van der Waals surface area contributed by atoms with Gasteiger partial charge < -0.3 is 4.57 Å². The molecule has 0 aliphatic rings. The van der Waals surface area contributed by atoms with Crippen LogP contribution in [0.3, 0.4) is 0 Å². The lowest BCUT2D eigenvalue weighted by Crippen LogP contribution is -2.06. The van der Waals surface area contributed by atoms with Crippen molar-refractivity contribution >= 4 is 5.78 Å². The maximum atomic E-state index is 12.0. The Morgan fingerprint density at radius 1 is 1.38 bits per heavy atom. The first-order valence-corrected chi connectivity index (χ1v) is 4.73. The smallest absolute Gasteiger partial charge is 0.210 e. The van der Waals surface area contributed by atoms with E-state index < -0.39 is 0 Å². The van der Waals surface area contributed by atoms with Gasteiger partial charge in [-0.25, -0.2) is 4.98 Å². The molecule has 2 aromatic rings. The molecule has 1 aromatic heterocycles. The van der Waals surface area contributed by atoms with Gasteiger partial charge in [-0.3, -0.25) is 4.79 Å². The molecule has 16 heavy (non-hydrogen) atoms. The molecule has 4 heteroatoms. The largest absolute Gasteiger partial charge is 0.331 e. The maximum absolute atomic E-state index is 12.0. The minimum Gasteiger partial charge on any atom is -0.331 e. The maximum Gasteiger partial charge on any atom is 0.210 e. The molecule has 1 heterocycles. The average Bonchev–Trinajstić information content (AvgIpc) is 2.75. The second-order valence-corrected chi connectivity index (χ2v) is 3.41. The molecule has 0 aliphatic heterocycles. The number of rotatable bonds is 2. The second-order valence-electron chi connectivity index (χ2n) is 3.41. The summed E-state index contributed by atoms with van der Waals surface area (Å²) in [5.41, 5.74) is 1.63. The predicted octanol–water partition coefficient (Wildman–Crippen LogP) is 1.52. The fourth-order valence-electron chi connectivity index (χ4n) is 1.42. The van der Waals surface area contributed by atoms with Crippen LogP contribution in [0, 0.1) is 11.3 Å². The van der Waals surface area contributed by atoms with Gasteiger partial charge in [-0.2, -0.15) is 5.26 Å². The highest BCUT2D eigenvalue weighted by Crippen LogP contribution is 2.09. The summed E-state index contributed by atoms with van der Waals surface area (Å²) in [6.07, 6.45) is 3.11. The number of hydrogen-bond acceptors (Lipinski definition) is 3. The monoisotopic (exact) mass is 211 g/mol. The summed E-state index contributed by atoms with van der Waals surface area (Å²) in [6.45, 7) is 0. The van der Waals surface area contributed by atoms with Crippen molar-refractivity contribution in [1.29, 1.82) is 5.26 Å². The molecule has 0 bridgehead atoms. The van der Waals surface area contributed by atoms with E-state index in [-0.39, 0.29) is 5.78 Å². The van der Waals surface area contributed by atoms with Crippen LogP contribution >= 0.6 is 0 Å². The first-order valence-electron chi connectivity index (χ1n) is 4.73. The molecule has 0 saturated heterocycles. The van der Waals surface area contributed by atoms with Gasteiger partial charge in [0.2, 0.25) is 5.78 Å². The van der Waals surface area contributed by atoms with E-state index in [4.69, 9.17) is 5.26 Å². The average molecular weight is 211 g/mol. The van der Waals surface area contributed by atoms with E-state index in [1.165, 1.54) is 6.20 Å². The molecular weight excluding hydrogens is 202 g/mol. The standard InChI is InChI=1S/C12H9N3O/c1-15-8-14-7-11(15)12(16)10-4-2-9(6-13)3-5-10/h2-5,7-8H,1H3.